The van der Waals surface area contributed by atoms with Crippen molar-refractivity contribution in [3.05, 3.63) is 38.3 Å². The van der Waals surface area contributed by atoms with Crippen LogP contribution in [0.1, 0.15) is 34.3 Å². The van der Waals surface area contributed by atoms with Crippen molar-refractivity contribution in [2.24, 2.45) is 12.9 Å². The molecule has 2 aromatic rings. The van der Waals surface area contributed by atoms with Crippen LogP contribution in [0.15, 0.2) is 11.4 Å². The molecule has 0 bridgehead atoms. The van der Waals surface area contributed by atoms with Crippen LogP contribution in [-0.4, -0.2) is 9.78 Å². The number of hydrogen-bond acceptors (Lipinski definition) is 4. The number of hydrogen-bond donors (Lipinski definition) is 2. The predicted molar refractivity (Wildman–Crippen MR) is 80.4 cm³/mol. The second-order valence-corrected chi connectivity index (χ2v) is 6.02. The van der Waals surface area contributed by atoms with Crippen LogP contribution in [0, 0.1) is 13.8 Å². The normalized spacial score (nSPS) is 12.9. The average Bonchev–Trinajstić information content (AvgIpc) is 2.89. The molecule has 2 heterocycles. The second kappa shape index (κ2) is 6.05. The van der Waals surface area contributed by atoms with Crippen molar-refractivity contribution < 1.29 is 0 Å². The number of halogens is 1. The van der Waals surface area contributed by atoms with E-state index >= 15 is 0 Å². The van der Waals surface area contributed by atoms with E-state index < -0.39 is 0 Å². The van der Waals surface area contributed by atoms with Crippen molar-refractivity contribution in [2.45, 2.75) is 32.7 Å². The Labute approximate surface area is 122 Å². The van der Waals surface area contributed by atoms with Crippen LogP contribution in [0.2, 0.25) is 5.02 Å². The van der Waals surface area contributed by atoms with Gasteiger partial charge < -0.3 is 0 Å². The highest BCUT2D eigenvalue weighted by molar-refractivity contribution is 7.10. The van der Waals surface area contributed by atoms with Gasteiger partial charge in [0.05, 0.1) is 16.8 Å². The predicted octanol–water partition coefficient (Wildman–Crippen LogP) is 2.89. The van der Waals surface area contributed by atoms with Gasteiger partial charge in [-0.1, -0.05) is 11.6 Å². The fourth-order valence-corrected chi connectivity index (χ4v) is 3.60. The molecule has 0 saturated heterocycles. The summed E-state index contributed by atoms with van der Waals surface area (Å²) in [4.78, 5) is 1.10. The van der Waals surface area contributed by atoms with Crippen LogP contribution in [0.25, 0.3) is 0 Å². The molecule has 0 aromatic carbocycles. The molecule has 19 heavy (non-hydrogen) atoms. The summed E-state index contributed by atoms with van der Waals surface area (Å²) in [6.07, 6.45) is 1.85. The molecule has 4 nitrogen and oxygen atoms in total. The van der Waals surface area contributed by atoms with Gasteiger partial charge in [0.2, 0.25) is 0 Å². The number of nitrogens with zero attached hydrogens (tertiary/aromatic N) is 2. The number of nitrogens with two attached hydrogens (primary N) is 1. The zero-order chi connectivity index (χ0) is 14.0. The molecule has 6 heteroatoms. The average molecular weight is 299 g/mol. The highest BCUT2D eigenvalue weighted by atomic mass is 35.5. The SMILES string of the molecule is Cc1nn(C)c(C)c1CCC(NN)c1sccc1Cl. The van der Waals surface area contributed by atoms with Crippen molar-refractivity contribution in [1.29, 1.82) is 0 Å². The van der Waals surface area contributed by atoms with E-state index in [1.54, 1.807) is 11.3 Å². The van der Waals surface area contributed by atoms with Crippen molar-refractivity contribution >= 4 is 22.9 Å². The first-order valence-electron chi connectivity index (χ1n) is 6.22. The summed E-state index contributed by atoms with van der Waals surface area (Å²) in [6.45, 7) is 4.14. The zero-order valence-electron chi connectivity index (χ0n) is 11.4. The summed E-state index contributed by atoms with van der Waals surface area (Å²) >= 11 is 7.80. The Morgan fingerprint density at radius 3 is 2.74 bits per heavy atom. The number of rotatable bonds is 5. The number of aromatic nitrogens is 2. The Balaban J connectivity index is 2.11. The summed E-state index contributed by atoms with van der Waals surface area (Å²) in [5.74, 6) is 5.66. The van der Waals surface area contributed by atoms with Gasteiger partial charge in [-0.2, -0.15) is 5.10 Å². The lowest BCUT2D eigenvalue weighted by Crippen LogP contribution is -2.28. The molecular formula is C13H19ClN4S. The van der Waals surface area contributed by atoms with Crippen molar-refractivity contribution in [3.63, 3.8) is 0 Å². The van der Waals surface area contributed by atoms with E-state index in [9.17, 15) is 0 Å². The molecule has 0 amide bonds. The van der Waals surface area contributed by atoms with Gasteiger partial charge in [0, 0.05) is 17.6 Å². The molecule has 2 rings (SSSR count). The highest BCUT2D eigenvalue weighted by Gasteiger charge is 2.17. The van der Waals surface area contributed by atoms with Gasteiger partial charge in [0.1, 0.15) is 0 Å². The molecule has 1 unspecified atom stereocenters. The van der Waals surface area contributed by atoms with Gasteiger partial charge in [-0.15, -0.1) is 11.3 Å². The number of aryl methyl sites for hydroxylation is 2. The quantitative estimate of drug-likeness (QED) is 0.659. The molecule has 0 saturated carbocycles. The molecular weight excluding hydrogens is 280 g/mol. The number of thiophene rings is 1. The summed E-state index contributed by atoms with van der Waals surface area (Å²) in [5, 5.41) is 7.21. The van der Waals surface area contributed by atoms with E-state index in [2.05, 4.69) is 17.4 Å². The minimum atomic E-state index is 0.0894. The fraction of sp³-hybridized carbons (Fsp3) is 0.462. The third-order valence-electron chi connectivity index (χ3n) is 3.50. The monoisotopic (exact) mass is 298 g/mol. The van der Waals surface area contributed by atoms with Crippen LogP contribution in [0.5, 0.6) is 0 Å². The summed E-state index contributed by atoms with van der Waals surface area (Å²) in [7, 11) is 1.97. The van der Waals surface area contributed by atoms with Gasteiger partial charge in [0.15, 0.2) is 0 Å². The molecule has 0 aliphatic heterocycles. The Bertz CT molecular complexity index is 561. The fourth-order valence-electron chi connectivity index (χ4n) is 2.31. The zero-order valence-corrected chi connectivity index (χ0v) is 13.0. The first-order chi connectivity index (χ1) is 9.04. The molecule has 2 aromatic heterocycles. The van der Waals surface area contributed by atoms with Crippen LogP contribution >= 0.6 is 22.9 Å². The Morgan fingerprint density at radius 1 is 1.53 bits per heavy atom. The van der Waals surface area contributed by atoms with E-state index in [1.165, 1.54) is 11.3 Å². The molecule has 3 N–H and O–H groups in total. The minimum Gasteiger partial charge on any atom is -0.272 e. The van der Waals surface area contributed by atoms with E-state index in [4.69, 9.17) is 17.4 Å². The van der Waals surface area contributed by atoms with Crippen LogP contribution < -0.4 is 11.3 Å². The first-order valence-corrected chi connectivity index (χ1v) is 7.48. The molecule has 0 aliphatic rings. The van der Waals surface area contributed by atoms with Crippen LogP contribution in [0.4, 0.5) is 0 Å². The minimum absolute atomic E-state index is 0.0894. The topological polar surface area (TPSA) is 55.9 Å². The summed E-state index contributed by atoms with van der Waals surface area (Å²) < 4.78 is 1.92. The highest BCUT2D eigenvalue weighted by Crippen LogP contribution is 2.31. The van der Waals surface area contributed by atoms with Gasteiger partial charge in [0.25, 0.3) is 0 Å². The Morgan fingerprint density at radius 2 is 2.26 bits per heavy atom. The number of nitrogens with one attached hydrogen (secondary N) is 1. The smallest absolute Gasteiger partial charge is 0.0628 e. The van der Waals surface area contributed by atoms with Gasteiger partial charge >= 0.3 is 0 Å². The van der Waals surface area contributed by atoms with Crippen LogP contribution in [0.3, 0.4) is 0 Å². The summed E-state index contributed by atoms with van der Waals surface area (Å²) in [6, 6.07) is 2.00. The lowest BCUT2D eigenvalue weighted by Gasteiger charge is -2.15. The molecule has 0 radical (unpaired) electrons. The molecule has 0 aliphatic carbocycles. The number of hydrazine groups is 1. The van der Waals surface area contributed by atoms with Crippen molar-refractivity contribution in [3.8, 4) is 0 Å². The first kappa shape index (κ1) is 14.5. The van der Waals surface area contributed by atoms with E-state index in [0.29, 0.717) is 0 Å². The standard InChI is InChI=1S/C13H19ClN4S/c1-8-10(9(2)18(3)17-8)4-5-12(16-15)13-11(14)6-7-19-13/h6-7,12,16H,4-5,15H2,1-3H3. The maximum absolute atomic E-state index is 6.16. The Hall–Kier alpha value is -0.880. The third-order valence-corrected chi connectivity index (χ3v) is 4.98. The van der Waals surface area contributed by atoms with E-state index in [0.717, 1.165) is 28.4 Å². The molecule has 1 atom stereocenters. The van der Waals surface area contributed by atoms with Gasteiger partial charge in [-0.3, -0.25) is 16.0 Å². The summed E-state index contributed by atoms with van der Waals surface area (Å²) in [5.41, 5.74) is 6.47. The molecule has 104 valence electrons. The second-order valence-electron chi connectivity index (χ2n) is 4.66. The van der Waals surface area contributed by atoms with Gasteiger partial charge in [-0.25, -0.2) is 0 Å². The van der Waals surface area contributed by atoms with Crippen LogP contribution in [-0.2, 0) is 13.5 Å². The van der Waals surface area contributed by atoms with Crippen molar-refractivity contribution in [1.82, 2.24) is 15.2 Å². The van der Waals surface area contributed by atoms with Crippen molar-refractivity contribution in [2.75, 3.05) is 0 Å². The maximum atomic E-state index is 6.16. The van der Waals surface area contributed by atoms with E-state index in [-0.39, 0.29) is 6.04 Å². The Kier molecular flexibility index (Phi) is 4.62. The molecule has 0 fully saturated rings. The largest absolute Gasteiger partial charge is 0.272 e. The maximum Gasteiger partial charge on any atom is 0.0628 e. The van der Waals surface area contributed by atoms with E-state index in [1.807, 2.05) is 30.1 Å². The lowest BCUT2D eigenvalue weighted by molar-refractivity contribution is 0.523. The third kappa shape index (κ3) is 3.00. The van der Waals surface area contributed by atoms with Gasteiger partial charge in [-0.05, 0) is 43.7 Å². The molecule has 0 spiro atoms. The lowest BCUT2D eigenvalue weighted by atomic mass is 10.0.